The first-order chi connectivity index (χ1) is 47.9. The number of fused-ring (bicyclic) bond motifs is 5. The Hall–Kier alpha value is -12.6. The third-order valence-electron chi connectivity index (χ3n) is 17.6. The van der Waals surface area contributed by atoms with Crippen molar-refractivity contribution < 1.29 is 4.74 Å². The predicted molar refractivity (Wildman–Crippen MR) is 419 cm³/mol. The van der Waals surface area contributed by atoms with Crippen molar-refractivity contribution >= 4 is 116 Å². The summed E-state index contributed by atoms with van der Waals surface area (Å²) < 4.78 is 5.30. The van der Waals surface area contributed by atoms with Gasteiger partial charge in [-0.2, -0.15) is 5.26 Å². The number of hydrogen-bond donors (Lipinski definition) is 0. The minimum atomic E-state index is 0.662. The number of rotatable bonds is 11. The summed E-state index contributed by atoms with van der Waals surface area (Å²) in [5.74, 6) is 0.870. The molecule has 0 spiro atoms. The molecule has 15 aromatic carbocycles. The van der Waals surface area contributed by atoms with Crippen LogP contribution < -0.4 is 29.2 Å². The lowest BCUT2D eigenvalue weighted by atomic mass is 10.1. The van der Waals surface area contributed by atoms with Crippen LogP contribution in [0.2, 0.25) is 0 Å². The molecule has 15 rings (SSSR count). The molecule has 0 fully saturated rings. The Kier molecular flexibility index (Phi) is 21.8. The van der Waals surface area contributed by atoms with Gasteiger partial charge in [-0.3, -0.25) is 0 Å². The minimum Gasteiger partial charge on any atom is -0.497 e. The fraction of sp³-hybridized carbons (Fsp3) is 0.0889. The molecule has 0 bridgehead atoms. The van der Waals surface area contributed by atoms with Crippen molar-refractivity contribution in [1.29, 1.82) is 5.26 Å². The van der Waals surface area contributed by atoms with Gasteiger partial charge < -0.3 is 29.2 Å². The second kappa shape index (κ2) is 32.0. The highest BCUT2D eigenvalue weighted by Crippen LogP contribution is 2.36. The van der Waals surface area contributed by atoms with Crippen LogP contribution in [0.25, 0.3) is 58.7 Å². The van der Waals surface area contributed by atoms with E-state index in [-0.39, 0.29) is 0 Å². The third kappa shape index (κ3) is 16.3. The summed E-state index contributed by atoms with van der Waals surface area (Å²) in [6.07, 6.45) is 0. The van der Waals surface area contributed by atoms with Crippen molar-refractivity contribution in [3.8, 4) is 11.8 Å². The van der Waals surface area contributed by atoms with Crippen LogP contribution in [-0.4, -0.2) is 42.3 Å². The highest BCUT2D eigenvalue weighted by molar-refractivity contribution is 5.98. The Morgan fingerprint density at radius 2 is 0.643 bits per heavy atom. The van der Waals surface area contributed by atoms with E-state index in [9.17, 15) is 0 Å². The smallest absolute Gasteiger partial charge is 0.189 e. The Labute approximate surface area is 577 Å². The molecule has 98 heavy (non-hydrogen) atoms. The Bertz CT molecular complexity index is 5250. The van der Waals surface area contributed by atoms with Crippen LogP contribution in [0, 0.1) is 31.8 Å². The molecule has 8 heteroatoms. The van der Waals surface area contributed by atoms with E-state index in [2.05, 4.69) is 325 Å². The second-order valence-electron chi connectivity index (χ2n) is 24.0. The first kappa shape index (κ1) is 66.8. The van der Waals surface area contributed by atoms with E-state index in [1.807, 2.05) is 93.0 Å². The van der Waals surface area contributed by atoms with Gasteiger partial charge in [0.15, 0.2) is 5.69 Å². The van der Waals surface area contributed by atoms with Crippen LogP contribution in [0.15, 0.2) is 334 Å². The molecule has 15 aromatic rings. The zero-order valence-corrected chi connectivity index (χ0v) is 56.8. The SMILES string of the molecule is CN(c1ccc(C#N)cc1)c1cccc2ccccc12.COc1cccc(N(C)c2cccc3ccccc23)c1.Cc1ccc(N(C)c2ccc3ccccc3c2)cc1.Cc1cccc(N(C)c2ccc3ccccc3c2)c1.[C-]#[N+]c1cccc(N(C)c2cccc3ccccc23)c1. The van der Waals surface area contributed by atoms with Crippen molar-refractivity contribution in [1.82, 2.24) is 0 Å². The molecule has 0 aliphatic rings. The maximum Gasteiger partial charge on any atom is 0.189 e. The van der Waals surface area contributed by atoms with Crippen molar-refractivity contribution in [3.05, 3.63) is 362 Å². The van der Waals surface area contributed by atoms with E-state index in [0.29, 0.717) is 11.3 Å². The largest absolute Gasteiger partial charge is 0.497 e. The van der Waals surface area contributed by atoms with Crippen LogP contribution in [0.5, 0.6) is 5.75 Å². The number of ether oxygens (including phenoxy) is 1. The van der Waals surface area contributed by atoms with E-state index in [4.69, 9.17) is 16.6 Å². The van der Waals surface area contributed by atoms with Crippen LogP contribution in [0.3, 0.4) is 0 Å². The van der Waals surface area contributed by atoms with Gasteiger partial charge in [-0.05, 0) is 172 Å². The van der Waals surface area contributed by atoms with Crippen LogP contribution in [0.4, 0.5) is 62.6 Å². The van der Waals surface area contributed by atoms with Crippen molar-refractivity contribution in [2.75, 3.05) is 66.8 Å². The summed E-state index contributed by atoms with van der Waals surface area (Å²) in [7, 11) is 12.1. The normalized spacial score (nSPS) is 10.4. The number of nitrogens with zero attached hydrogens (tertiary/aromatic N) is 7. The van der Waals surface area contributed by atoms with Crippen LogP contribution in [0.1, 0.15) is 16.7 Å². The van der Waals surface area contributed by atoms with E-state index in [1.54, 1.807) is 7.11 Å². The summed E-state index contributed by atoms with van der Waals surface area (Å²) in [4.78, 5) is 14.4. The van der Waals surface area contributed by atoms with Gasteiger partial charge in [0.25, 0.3) is 0 Å². The average Bonchev–Trinajstić information content (AvgIpc) is 0.828. The Balaban J connectivity index is 0.000000124. The lowest BCUT2D eigenvalue weighted by molar-refractivity contribution is 0.415. The molecular formula is C90H79N7O. The monoisotopic (exact) mass is 1270 g/mol. The summed E-state index contributed by atoms with van der Waals surface area (Å²) in [6.45, 7) is 11.4. The lowest BCUT2D eigenvalue weighted by Crippen LogP contribution is -2.09. The van der Waals surface area contributed by atoms with Crippen molar-refractivity contribution in [2.24, 2.45) is 0 Å². The zero-order chi connectivity index (χ0) is 68.3. The van der Waals surface area contributed by atoms with E-state index < -0.39 is 0 Å². The molecule has 0 saturated heterocycles. The maximum atomic E-state index is 8.86. The summed E-state index contributed by atoms with van der Waals surface area (Å²) in [6, 6.07) is 117. The van der Waals surface area contributed by atoms with Crippen LogP contribution in [-0.2, 0) is 0 Å². The Morgan fingerprint density at radius 1 is 0.296 bits per heavy atom. The fourth-order valence-corrected chi connectivity index (χ4v) is 11.9. The summed E-state index contributed by atoms with van der Waals surface area (Å²) in [5, 5.41) is 21.4. The van der Waals surface area contributed by atoms with Crippen molar-refractivity contribution in [2.45, 2.75) is 13.8 Å². The van der Waals surface area contributed by atoms with E-state index >= 15 is 0 Å². The molecule has 8 nitrogen and oxygen atoms in total. The Morgan fingerprint density at radius 3 is 1.10 bits per heavy atom. The molecule has 480 valence electrons. The predicted octanol–water partition coefficient (Wildman–Crippen LogP) is 24.1. The van der Waals surface area contributed by atoms with Gasteiger partial charge in [-0.25, -0.2) is 4.85 Å². The fourth-order valence-electron chi connectivity index (χ4n) is 11.9. The van der Waals surface area contributed by atoms with Gasteiger partial charge in [0.05, 0.1) is 25.3 Å². The van der Waals surface area contributed by atoms with Gasteiger partial charge in [-0.1, -0.05) is 218 Å². The molecule has 0 radical (unpaired) electrons. The number of benzene rings is 15. The average molecular weight is 1270 g/mol. The first-order valence-corrected chi connectivity index (χ1v) is 32.7. The quantitative estimate of drug-likeness (QED) is 0.120. The van der Waals surface area contributed by atoms with Gasteiger partial charge >= 0.3 is 0 Å². The van der Waals surface area contributed by atoms with Gasteiger partial charge in [0.1, 0.15) is 5.75 Å². The molecule has 0 aromatic heterocycles. The zero-order valence-electron chi connectivity index (χ0n) is 56.8. The number of methoxy groups -OCH3 is 1. The summed E-state index contributed by atoms with van der Waals surface area (Å²) in [5.41, 5.74) is 15.5. The molecule has 0 heterocycles. The third-order valence-corrected chi connectivity index (χ3v) is 17.6. The standard InChI is InChI=1S/2C18H14N2.C18H17NO.2C18H17N/c1-19-15-9-6-10-16(13-15)20(2)18-12-5-8-14-7-3-4-11-17(14)18;1-20(16-11-9-14(13-19)10-12-16)18-8-4-6-15-5-2-3-7-17(15)18;1-19(15-9-6-10-16(13-15)20-2)18-12-5-8-14-7-3-4-11-17(14)18;1-14-6-5-9-17(12-14)19(2)18-11-10-15-7-3-4-8-16(15)13-18;1-14-7-10-17(11-8-14)19(2)18-12-9-15-5-3-4-6-16(15)13-18/h3-13H,2H3;2-12H,1H3;3-13H,1-2H3;2*3-13H,1-2H3. The molecule has 0 aliphatic carbocycles. The minimum absolute atomic E-state index is 0.662. The maximum absolute atomic E-state index is 8.86. The second-order valence-corrected chi connectivity index (χ2v) is 24.0. The highest BCUT2D eigenvalue weighted by Gasteiger charge is 2.13. The number of nitriles is 1. The number of hydrogen-bond acceptors (Lipinski definition) is 7. The van der Waals surface area contributed by atoms with Crippen LogP contribution >= 0.6 is 0 Å². The molecular weight excluding hydrogens is 1200 g/mol. The van der Waals surface area contributed by atoms with E-state index in [1.165, 1.54) is 93.4 Å². The van der Waals surface area contributed by atoms with E-state index in [0.717, 1.165) is 34.2 Å². The molecule has 0 aliphatic heterocycles. The molecule has 0 N–H and O–H groups in total. The topological polar surface area (TPSA) is 53.6 Å². The summed E-state index contributed by atoms with van der Waals surface area (Å²) >= 11 is 0. The first-order valence-electron chi connectivity index (χ1n) is 32.7. The lowest BCUT2D eigenvalue weighted by Gasteiger charge is -2.22. The molecule has 0 amide bonds. The van der Waals surface area contributed by atoms with Gasteiger partial charge in [-0.15, -0.1) is 0 Å². The van der Waals surface area contributed by atoms with Gasteiger partial charge in [0, 0.05) is 114 Å². The molecule has 0 atom stereocenters. The molecule has 0 unspecified atom stereocenters. The highest BCUT2D eigenvalue weighted by atomic mass is 16.5. The van der Waals surface area contributed by atoms with Gasteiger partial charge in [0.2, 0.25) is 0 Å². The number of aryl methyl sites for hydroxylation is 2. The number of anilines is 10. The van der Waals surface area contributed by atoms with Crippen molar-refractivity contribution in [3.63, 3.8) is 0 Å². The molecule has 0 saturated carbocycles.